The Bertz CT molecular complexity index is 1170. The van der Waals surface area contributed by atoms with Crippen LogP contribution in [0.25, 0.3) is 22.2 Å². The van der Waals surface area contributed by atoms with Gasteiger partial charge in [0.05, 0.1) is 11.7 Å². The fourth-order valence-corrected chi connectivity index (χ4v) is 3.64. The summed E-state index contributed by atoms with van der Waals surface area (Å²) in [6, 6.07) is 15.3. The van der Waals surface area contributed by atoms with E-state index < -0.39 is 0 Å². The molecule has 4 rings (SSSR count). The van der Waals surface area contributed by atoms with Crippen molar-refractivity contribution in [2.45, 2.75) is 13.5 Å². The van der Waals surface area contributed by atoms with E-state index in [9.17, 15) is 4.79 Å². The topological polar surface area (TPSA) is 85.0 Å². The molecule has 2 heterocycles. The summed E-state index contributed by atoms with van der Waals surface area (Å²) in [7, 11) is 1.79. The van der Waals surface area contributed by atoms with E-state index in [4.69, 9.17) is 5.73 Å². The summed E-state index contributed by atoms with van der Waals surface area (Å²) >= 11 is 1.19. The molecule has 0 saturated carbocycles. The zero-order chi connectivity index (χ0) is 19.7. The number of rotatable bonds is 4. The highest BCUT2D eigenvalue weighted by Crippen LogP contribution is 2.26. The number of hydrogen-bond acceptors (Lipinski definition) is 6. The van der Waals surface area contributed by atoms with Gasteiger partial charge in [-0.15, -0.1) is 0 Å². The van der Waals surface area contributed by atoms with Crippen molar-refractivity contribution in [1.29, 1.82) is 0 Å². The average Bonchev–Trinajstić information content (AvgIpc) is 3.17. The minimum absolute atomic E-state index is 0.0578. The number of pyridine rings is 1. The second-order valence-corrected chi connectivity index (χ2v) is 7.30. The Morgan fingerprint density at radius 1 is 1.11 bits per heavy atom. The van der Waals surface area contributed by atoms with Crippen molar-refractivity contribution in [2.24, 2.45) is 0 Å². The van der Waals surface area contributed by atoms with Crippen LogP contribution in [0.2, 0.25) is 0 Å². The summed E-state index contributed by atoms with van der Waals surface area (Å²) in [5.41, 5.74) is 12.1. The van der Waals surface area contributed by atoms with Gasteiger partial charge in [-0.1, -0.05) is 18.2 Å². The maximum Gasteiger partial charge on any atom is 0.253 e. The smallest absolute Gasteiger partial charge is 0.253 e. The van der Waals surface area contributed by atoms with Crippen LogP contribution in [-0.2, 0) is 6.54 Å². The van der Waals surface area contributed by atoms with Gasteiger partial charge in [0.25, 0.3) is 5.91 Å². The molecule has 2 aromatic heterocycles. The second-order valence-electron chi connectivity index (χ2n) is 6.77. The molecule has 0 radical (unpaired) electrons. The second kappa shape index (κ2) is 7.36. The Morgan fingerprint density at radius 3 is 2.79 bits per heavy atom. The van der Waals surface area contributed by atoms with Gasteiger partial charge in [-0.25, -0.2) is 4.98 Å². The number of carbonyl (C=O) groups excluding carboxylic acids is 1. The molecule has 0 fully saturated rings. The zero-order valence-corrected chi connectivity index (χ0v) is 16.4. The Kier molecular flexibility index (Phi) is 4.75. The number of nitrogen functional groups attached to an aromatic ring is 1. The Balaban J connectivity index is 1.58. The molecule has 0 atom stereocenters. The number of anilines is 1. The Labute approximate surface area is 167 Å². The molecule has 0 aliphatic rings. The molecule has 1 amide bonds. The number of nitrogens with two attached hydrogens (primary N) is 1. The van der Waals surface area contributed by atoms with E-state index in [-0.39, 0.29) is 5.91 Å². The lowest BCUT2D eigenvalue weighted by Gasteiger charge is -2.18. The van der Waals surface area contributed by atoms with Gasteiger partial charge < -0.3 is 10.6 Å². The molecule has 7 heteroatoms. The van der Waals surface area contributed by atoms with Gasteiger partial charge in [-0.05, 0) is 53.9 Å². The summed E-state index contributed by atoms with van der Waals surface area (Å²) in [5.74, 6) is 0.395. The monoisotopic (exact) mass is 389 g/mol. The van der Waals surface area contributed by atoms with Crippen molar-refractivity contribution < 1.29 is 4.79 Å². The SMILES string of the molecule is Cc1cnc(N)c(-c2cccc(C(=O)N(C)Cc3ccc4nsnc4c3)c2)c1. The zero-order valence-electron chi connectivity index (χ0n) is 15.6. The first-order valence-corrected chi connectivity index (χ1v) is 9.53. The molecule has 0 aliphatic carbocycles. The van der Waals surface area contributed by atoms with Gasteiger partial charge in [0, 0.05) is 30.9 Å². The van der Waals surface area contributed by atoms with E-state index in [1.54, 1.807) is 18.1 Å². The lowest BCUT2D eigenvalue weighted by molar-refractivity contribution is 0.0785. The van der Waals surface area contributed by atoms with E-state index >= 15 is 0 Å². The number of amides is 1. The third-order valence-electron chi connectivity index (χ3n) is 4.56. The third-order valence-corrected chi connectivity index (χ3v) is 5.12. The van der Waals surface area contributed by atoms with Crippen molar-refractivity contribution in [2.75, 3.05) is 12.8 Å². The van der Waals surface area contributed by atoms with E-state index in [2.05, 4.69) is 13.7 Å². The predicted octanol–water partition coefficient (Wildman–Crippen LogP) is 3.92. The fourth-order valence-electron chi connectivity index (χ4n) is 3.12. The molecule has 0 unspecified atom stereocenters. The first-order chi connectivity index (χ1) is 13.5. The van der Waals surface area contributed by atoms with Gasteiger partial charge >= 0.3 is 0 Å². The summed E-state index contributed by atoms with van der Waals surface area (Å²) < 4.78 is 8.47. The van der Waals surface area contributed by atoms with Crippen LogP contribution >= 0.6 is 11.7 Å². The molecule has 0 aliphatic heterocycles. The molecule has 0 bridgehead atoms. The van der Waals surface area contributed by atoms with Crippen molar-refractivity contribution in [1.82, 2.24) is 18.6 Å². The highest BCUT2D eigenvalue weighted by molar-refractivity contribution is 7.00. The number of benzene rings is 2. The van der Waals surface area contributed by atoms with Crippen molar-refractivity contribution in [3.63, 3.8) is 0 Å². The van der Waals surface area contributed by atoms with Gasteiger partial charge in [0.15, 0.2) is 0 Å². The van der Waals surface area contributed by atoms with Crippen LogP contribution in [0.4, 0.5) is 5.82 Å². The maximum absolute atomic E-state index is 13.0. The Hall–Kier alpha value is -3.32. The van der Waals surface area contributed by atoms with Crippen LogP contribution < -0.4 is 5.73 Å². The van der Waals surface area contributed by atoms with Gasteiger partial charge in [0.2, 0.25) is 0 Å². The molecule has 0 saturated heterocycles. The Morgan fingerprint density at radius 2 is 1.93 bits per heavy atom. The number of aromatic nitrogens is 3. The highest BCUT2D eigenvalue weighted by Gasteiger charge is 2.14. The molecule has 4 aromatic rings. The largest absolute Gasteiger partial charge is 0.383 e. The van der Waals surface area contributed by atoms with E-state index in [0.717, 1.165) is 33.3 Å². The van der Waals surface area contributed by atoms with Crippen molar-refractivity contribution >= 4 is 34.5 Å². The fraction of sp³-hybridized carbons (Fsp3) is 0.143. The van der Waals surface area contributed by atoms with Crippen molar-refractivity contribution in [3.8, 4) is 11.1 Å². The summed E-state index contributed by atoms with van der Waals surface area (Å²) in [4.78, 5) is 18.9. The van der Waals surface area contributed by atoms with Gasteiger partial charge in [-0.3, -0.25) is 4.79 Å². The van der Waals surface area contributed by atoms with Crippen LogP contribution in [-0.4, -0.2) is 31.6 Å². The van der Waals surface area contributed by atoms with E-state index in [1.807, 2.05) is 55.5 Å². The highest BCUT2D eigenvalue weighted by atomic mass is 32.1. The van der Waals surface area contributed by atoms with Crippen LogP contribution in [0.3, 0.4) is 0 Å². The molecule has 140 valence electrons. The van der Waals surface area contributed by atoms with E-state index in [1.165, 1.54) is 11.7 Å². The number of nitrogens with zero attached hydrogens (tertiary/aromatic N) is 4. The molecule has 0 spiro atoms. The summed E-state index contributed by atoms with van der Waals surface area (Å²) in [6.45, 7) is 2.46. The molecule has 2 aromatic carbocycles. The third kappa shape index (κ3) is 3.57. The van der Waals surface area contributed by atoms with Crippen LogP contribution in [0.1, 0.15) is 21.5 Å². The lowest BCUT2D eigenvalue weighted by Crippen LogP contribution is -2.26. The summed E-state index contributed by atoms with van der Waals surface area (Å²) in [6.07, 6.45) is 1.73. The van der Waals surface area contributed by atoms with Gasteiger partial charge in [0.1, 0.15) is 16.9 Å². The maximum atomic E-state index is 13.0. The van der Waals surface area contributed by atoms with Crippen LogP contribution in [0.5, 0.6) is 0 Å². The molecule has 28 heavy (non-hydrogen) atoms. The standard InChI is InChI=1S/C21H19N5OS/c1-13-8-17(20(22)23-11-13)15-4-3-5-16(10-15)21(27)26(2)12-14-6-7-18-19(9-14)25-28-24-18/h3-11H,12H2,1-2H3,(H2,22,23). The minimum atomic E-state index is -0.0578. The predicted molar refractivity (Wildman–Crippen MR) is 112 cm³/mol. The van der Waals surface area contributed by atoms with Crippen molar-refractivity contribution in [3.05, 3.63) is 71.4 Å². The number of hydrogen-bond donors (Lipinski definition) is 1. The summed E-state index contributed by atoms with van der Waals surface area (Å²) in [5, 5.41) is 0. The van der Waals surface area contributed by atoms with Crippen LogP contribution in [0, 0.1) is 6.92 Å². The molecule has 2 N–H and O–H groups in total. The first-order valence-electron chi connectivity index (χ1n) is 8.80. The average molecular weight is 389 g/mol. The molecular weight excluding hydrogens is 370 g/mol. The van der Waals surface area contributed by atoms with Crippen LogP contribution in [0.15, 0.2) is 54.7 Å². The quantitative estimate of drug-likeness (QED) is 0.572. The minimum Gasteiger partial charge on any atom is -0.383 e. The molecule has 6 nitrogen and oxygen atoms in total. The van der Waals surface area contributed by atoms with E-state index in [0.29, 0.717) is 17.9 Å². The van der Waals surface area contributed by atoms with Gasteiger partial charge in [-0.2, -0.15) is 8.75 Å². The normalized spacial score (nSPS) is 10.9. The number of fused-ring (bicyclic) bond motifs is 1. The first kappa shape index (κ1) is 18.1. The number of carbonyl (C=O) groups is 1. The number of aryl methyl sites for hydroxylation is 1. The molecular formula is C21H19N5OS. The lowest BCUT2D eigenvalue weighted by atomic mass is 10.0.